The first kappa shape index (κ1) is 13.2. The zero-order valence-electron chi connectivity index (χ0n) is 9.37. The van der Waals surface area contributed by atoms with Crippen molar-refractivity contribution in [3.8, 4) is 0 Å². The van der Waals surface area contributed by atoms with Crippen LogP contribution in [0.4, 0.5) is 10.5 Å². The Kier molecular flexibility index (Phi) is 4.10. The minimum atomic E-state index is -0.528. The van der Waals surface area contributed by atoms with E-state index >= 15 is 0 Å². The lowest BCUT2D eigenvalue weighted by atomic mass is 10.2. The van der Waals surface area contributed by atoms with E-state index in [9.17, 15) is 4.79 Å². The van der Waals surface area contributed by atoms with E-state index in [0.717, 1.165) is 0 Å². The highest BCUT2D eigenvalue weighted by molar-refractivity contribution is 7.80. The van der Waals surface area contributed by atoms with E-state index in [1.54, 1.807) is 39.0 Å². The van der Waals surface area contributed by atoms with Crippen LogP contribution in [0.3, 0.4) is 0 Å². The van der Waals surface area contributed by atoms with Crippen LogP contribution < -0.4 is 5.32 Å². The number of rotatable bonds is 1. The highest BCUT2D eigenvalue weighted by atomic mass is 35.5. The summed E-state index contributed by atoms with van der Waals surface area (Å²) in [6.45, 7) is 5.39. The molecule has 5 heteroatoms. The molecule has 1 amide bonds. The molecule has 0 aliphatic rings. The molecule has 16 heavy (non-hydrogen) atoms. The predicted molar refractivity (Wildman–Crippen MR) is 68.6 cm³/mol. The lowest BCUT2D eigenvalue weighted by Gasteiger charge is -2.20. The van der Waals surface area contributed by atoms with Gasteiger partial charge in [0, 0.05) is 9.92 Å². The minimum absolute atomic E-state index is 0.523. The van der Waals surface area contributed by atoms with Gasteiger partial charge in [-0.1, -0.05) is 11.6 Å². The Morgan fingerprint density at radius 3 is 2.62 bits per heavy atom. The van der Waals surface area contributed by atoms with Crippen molar-refractivity contribution in [1.29, 1.82) is 0 Å². The van der Waals surface area contributed by atoms with Crippen LogP contribution in [0.2, 0.25) is 5.02 Å². The third-order valence-corrected chi connectivity index (χ3v) is 2.22. The first-order chi connectivity index (χ1) is 7.28. The number of thiol groups is 1. The number of hydrogen-bond acceptors (Lipinski definition) is 3. The van der Waals surface area contributed by atoms with E-state index in [4.69, 9.17) is 16.3 Å². The summed E-state index contributed by atoms with van der Waals surface area (Å²) in [6.07, 6.45) is -0.523. The average molecular weight is 260 g/mol. The van der Waals surface area contributed by atoms with Crippen molar-refractivity contribution in [3.63, 3.8) is 0 Å². The molecule has 0 aliphatic carbocycles. The smallest absolute Gasteiger partial charge is 0.412 e. The van der Waals surface area contributed by atoms with Gasteiger partial charge in [-0.15, -0.1) is 12.6 Å². The summed E-state index contributed by atoms with van der Waals surface area (Å²) in [5, 5.41) is 3.12. The number of benzene rings is 1. The van der Waals surface area contributed by atoms with Crippen LogP contribution >= 0.6 is 24.2 Å². The second kappa shape index (κ2) is 4.97. The maximum Gasteiger partial charge on any atom is 0.412 e. The molecule has 0 spiro atoms. The summed E-state index contributed by atoms with van der Waals surface area (Å²) in [7, 11) is 0. The molecule has 0 fully saturated rings. The van der Waals surface area contributed by atoms with Crippen molar-refractivity contribution in [2.45, 2.75) is 31.3 Å². The Labute approximate surface area is 106 Å². The minimum Gasteiger partial charge on any atom is -0.444 e. The van der Waals surface area contributed by atoms with E-state index in [-0.39, 0.29) is 0 Å². The van der Waals surface area contributed by atoms with Gasteiger partial charge in [-0.25, -0.2) is 4.79 Å². The number of hydrogen-bond donors (Lipinski definition) is 2. The maximum absolute atomic E-state index is 11.5. The second-order valence-corrected chi connectivity index (χ2v) is 5.21. The van der Waals surface area contributed by atoms with Gasteiger partial charge in [0.25, 0.3) is 0 Å². The molecule has 3 nitrogen and oxygen atoms in total. The molecular weight excluding hydrogens is 246 g/mol. The summed E-state index contributed by atoms with van der Waals surface area (Å²) in [5.41, 5.74) is 0.00413. The molecule has 88 valence electrons. The molecule has 0 aromatic heterocycles. The SMILES string of the molecule is CC(C)(C)OC(=O)Nc1cc(Cl)ccc1S. The monoisotopic (exact) mass is 259 g/mol. The molecular formula is C11H14ClNO2S. The Balaban J connectivity index is 2.73. The molecule has 0 aliphatic heterocycles. The quantitative estimate of drug-likeness (QED) is 0.749. The molecule has 1 rings (SSSR count). The predicted octanol–water partition coefficient (Wildman–Crippen LogP) is 3.98. The standard InChI is InChI=1S/C11H14ClNO2S/c1-11(2,3)15-10(14)13-8-6-7(12)4-5-9(8)16/h4-6,16H,1-3H3,(H,13,14). The Morgan fingerprint density at radius 2 is 2.06 bits per heavy atom. The van der Waals surface area contributed by atoms with E-state index in [1.807, 2.05) is 0 Å². The summed E-state index contributed by atoms with van der Waals surface area (Å²) >= 11 is 10.0. The van der Waals surface area contributed by atoms with Crippen molar-refractivity contribution >= 4 is 36.0 Å². The molecule has 1 aromatic carbocycles. The lowest BCUT2D eigenvalue weighted by Crippen LogP contribution is -2.27. The van der Waals surface area contributed by atoms with Gasteiger partial charge in [-0.3, -0.25) is 5.32 Å². The fourth-order valence-electron chi connectivity index (χ4n) is 1.02. The third-order valence-electron chi connectivity index (χ3n) is 1.59. The third kappa shape index (κ3) is 4.33. The van der Waals surface area contributed by atoms with Crippen molar-refractivity contribution in [3.05, 3.63) is 23.2 Å². The van der Waals surface area contributed by atoms with Crippen LogP contribution in [0.25, 0.3) is 0 Å². The maximum atomic E-state index is 11.5. The second-order valence-electron chi connectivity index (χ2n) is 4.29. The van der Waals surface area contributed by atoms with Gasteiger partial charge >= 0.3 is 6.09 Å². The lowest BCUT2D eigenvalue weighted by molar-refractivity contribution is 0.0635. The van der Waals surface area contributed by atoms with Gasteiger partial charge in [-0.2, -0.15) is 0 Å². The number of nitrogens with one attached hydrogen (secondary N) is 1. The Morgan fingerprint density at radius 1 is 1.44 bits per heavy atom. The molecule has 1 aromatic rings. The van der Waals surface area contributed by atoms with Gasteiger partial charge < -0.3 is 4.74 Å². The largest absolute Gasteiger partial charge is 0.444 e. The molecule has 1 N–H and O–H groups in total. The zero-order valence-corrected chi connectivity index (χ0v) is 11.0. The average Bonchev–Trinajstić information content (AvgIpc) is 2.08. The number of anilines is 1. The fourth-order valence-corrected chi connectivity index (χ4v) is 1.39. The Hall–Kier alpha value is -0.870. The van der Waals surface area contributed by atoms with Crippen LogP contribution in [0, 0.1) is 0 Å². The van der Waals surface area contributed by atoms with E-state index < -0.39 is 11.7 Å². The molecule has 0 atom stereocenters. The number of carbonyl (C=O) groups excluding carboxylic acids is 1. The van der Waals surface area contributed by atoms with E-state index in [0.29, 0.717) is 15.6 Å². The number of amides is 1. The summed E-state index contributed by atoms with van der Waals surface area (Å²) < 4.78 is 5.11. The van der Waals surface area contributed by atoms with Crippen LogP contribution in [-0.2, 0) is 4.74 Å². The molecule has 0 saturated heterocycles. The topological polar surface area (TPSA) is 38.3 Å². The van der Waals surface area contributed by atoms with Gasteiger partial charge in [0.1, 0.15) is 5.60 Å². The van der Waals surface area contributed by atoms with Crippen LogP contribution in [0.15, 0.2) is 23.1 Å². The molecule has 0 radical (unpaired) electrons. The number of ether oxygens (including phenoxy) is 1. The van der Waals surface area contributed by atoms with Crippen molar-refractivity contribution in [1.82, 2.24) is 0 Å². The summed E-state index contributed by atoms with van der Waals surface area (Å²) in [5.74, 6) is 0. The molecule has 0 heterocycles. The first-order valence-corrected chi connectivity index (χ1v) is 5.59. The van der Waals surface area contributed by atoms with Crippen molar-refractivity contribution in [2.75, 3.05) is 5.32 Å². The van der Waals surface area contributed by atoms with E-state index in [1.165, 1.54) is 0 Å². The van der Waals surface area contributed by atoms with Crippen LogP contribution in [0.5, 0.6) is 0 Å². The number of halogens is 1. The highest BCUT2D eigenvalue weighted by Gasteiger charge is 2.16. The number of carbonyl (C=O) groups is 1. The van der Waals surface area contributed by atoms with Crippen molar-refractivity contribution in [2.24, 2.45) is 0 Å². The van der Waals surface area contributed by atoms with Gasteiger partial charge in [-0.05, 0) is 39.0 Å². The molecule has 0 saturated carbocycles. The Bertz CT molecular complexity index is 401. The highest BCUT2D eigenvalue weighted by Crippen LogP contribution is 2.24. The van der Waals surface area contributed by atoms with E-state index in [2.05, 4.69) is 17.9 Å². The van der Waals surface area contributed by atoms with Crippen molar-refractivity contribution < 1.29 is 9.53 Å². The van der Waals surface area contributed by atoms with Gasteiger partial charge in [0.05, 0.1) is 5.69 Å². The summed E-state index contributed by atoms with van der Waals surface area (Å²) in [4.78, 5) is 12.1. The fraction of sp³-hybridized carbons (Fsp3) is 0.364. The normalized spacial score (nSPS) is 11.1. The molecule has 0 unspecified atom stereocenters. The zero-order chi connectivity index (χ0) is 12.3. The van der Waals surface area contributed by atoms with Gasteiger partial charge in [0.2, 0.25) is 0 Å². The summed E-state index contributed by atoms with van der Waals surface area (Å²) in [6, 6.07) is 5.02. The van der Waals surface area contributed by atoms with Crippen LogP contribution in [0.1, 0.15) is 20.8 Å². The van der Waals surface area contributed by atoms with Crippen LogP contribution in [-0.4, -0.2) is 11.7 Å². The first-order valence-electron chi connectivity index (χ1n) is 4.76. The van der Waals surface area contributed by atoms with Gasteiger partial charge in [0.15, 0.2) is 0 Å². The molecule has 0 bridgehead atoms.